The van der Waals surface area contributed by atoms with Crippen LogP contribution in [-0.2, 0) is 14.3 Å². The molecule has 0 aliphatic rings. The van der Waals surface area contributed by atoms with Crippen LogP contribution in [0.2, 0.25) is 0 Å². The molecule has 8 heteroatoms. The summed E-state index contributed by atoms with van der Waals surface area (Å²) in [5.41, 5.74) is -5.30. The van der Waals surface area contributed by atoms with Gasteiger partial charge >= 0.3 is 15.6 Å². The van der Waals surface area contributed by atoms with E-state index in [4.69, 9.17) is 0 Å². The molecule has 0 aliphatic carbocycles. The lowest BCUT2D eigenvalue weighted by molar-refractivity contribution is -0.0526. The number of halogens is 3. The van der Waals surface area contributed by atoms with Crippen LogP contribution in [0.5, 0.6) is 0 Å². The first kappa shape index (κ1) is 13.8. The van der Waals surface area contributed by atoms with E-state index in [1.54, 1.807) is 12.4 Å². The monoisotopic (exact) mass is 243 g/mol. The lowest BCUT2D eigenvalue weighted by Gasteiger charge is -2.02. The number of pyridine rings is 1. The molecular formula is C7H8F3NO3S. The number of hydrogen-bond donors (Lipinski definition) is 0. The summed E-state index contributed by atoms with van der Waals surface area (Å²) in [6.07, 6.45) is 3.50. The van der Waals surface area contributed by atoms with Crippen molar-refractivity contribution in [2.24, 2.45) is 0 Å². The minimum Gasteiger partial charge on any atom is -0.267 e. The summed E-state index contributed by atoms with van der Waals surface area (Å²) in [6, 6.07) is 5.72. The number of hydrogen-bond acceptors (Lipinski definition) is 4. The zero-order valence-electron chi connectivity index (χ0n) is 7.60. The molecule has 0 bridgehead atoms. The average Bonchev–Trinajstić information content (AvgIpc) is 2.20. The highest BCUT2D eigenvalue weighted by Gasteiger charge is 2.46. The van der Waals surface area contributed by atoms with Crippen molar-refractivity contribution in [3.05, 3.63) is 30.6 Å². The third-order valence-electron chi connectivity index (χ3n) is 1.07. The third kappa shape index (κ3) is 5.33. The predicted octanol–water partition coefficient (Wildman–Crippen LogP) is 1.56. The molecule has 15 heavy (non-hydrogen) atoms. The second kappa shape index (κ2) is 5.66. The van der Waals surface area contributed by atoms with Gasteiger partial charge in [0, 0.05) is 12.4 Å². The third-order valence-corrected chi connectivity index (χ3v) is 2.08. The van der Waals surface area contributed by atoms with Crippen LogP contribution in [0.1, 0.15) is 0 Å². The number of rotatable bonds is 1. The van der Waals surface area contributed by atoms with E-state index in [-0.39, 0.29) is 0 Å². The zero-order chi connectivity index (χ0) is 11.9. The van der Waals surface area contributed by atoms with Gasteiger partial charge in [-0.15, -0.1) is 0 Å². The Kier molecular flexibility index (Phi) is 5.23. The maximum Gasteiger partial charge on any atom is 0.523 e. The average molecular weight is 243 g/mol. The van der Waals surface area contributed by atoms with E-state index < -0.39 is 15.6 Å². The molecule has 86 valence electrons. The van der Waals surface area contributed by atoms with Crippen molar-refractivity contribution >= 4 is 10.1 Å². The SMILES string of the molecule is COS(=O)(=O)C(F)(F)F.c1ccncc1. The van der Waals surface area contributed by atoms with E-state index in [1.807, 2.05) is 18.2 Å². The van der Waals surface area contributed by atoms with Gasteiger partial charge in [0.1, 0.15) is 0 Å². The van der Waals surface area contributed by atoms with E-state index >= 15 is 0 Å². The smallest absolute Gasteiger partial charge is 0.267 e. The summed E-state index contributed by atoms with van der Waals surface area (Å²) in [5.74, 6) is 0. The van der Waals surface area contributed by atoms with E-state index in [1.165, 1.54) is 0 Å². The Bertz CT molecular complexity index is 336. The van der Waals surface area contributed by atoms with Crippen molar-refractivity contribution in [2.45, 2.75) is 5.51 Å². The van der Waals surface area contributed by atoms with Crippen molar-refractivity contribution in [1.82, 2.24) is 4.98 Å². The first-order valence-corrected chi connectivity index (χ1v) is 4.94. The van der Waals surface area contributed by atoms with Crippen LogP contribution in [0, 0.1) is 0 Å². The Balaban J connectivity index is 0.000000280. The molecule has 1 aromatic rings. The lowest BCUT2D eigenvalue weighted by atomic mass is 10.5. The maximum atomic E-state index is 11.1. The fourth-order valence-corrected chi connectivity index (χ4v) is 0.596. The van der Waals surface area contributed by atoms with Gasteiger partial charge in [0.05, 0.1) is 7.11 Å². The predicted molar refractivity (Wildman–Crippen MR) is 46.2 cm³/mol. The molecule has 4 nitrogen and oxygen atoms in total. The molecule has 0 spiro atoms. The number of alkyl halides is 3. The van der Waals surface area contributed by atoms with Gasteiger partial charge in [-0.3, -0.25) is 9.17 Å². The Hall–Kier alpha value is -1.15. The van der Waals surface area contributed by atoms with Gasteiger partial charge in [0.15, 0.2) is 0 Å². The first-order valence-electron chi connectivity index (χ1n) is 3.53. The van der Waals surface area contributed by atoms with Crippen LogP contribution >= 0.6 is 0 Å². The maximum absolute atomic E-state index is 11.1. The molecule has 0 N–H and O–H groups in total. The van der Waals surface area contributed by atoms with E-state index in [0.29, 0.717) is 7.11 Å². The summed E-state index contributed by atoms with van der Waals surface area (Å²) in [6.45, 7) is 0. The summed E-state index contributed by atoms with van der Waals surface area (Å²) in [7, 11) is -4.89. The van der Waals surface area contributed by atoms with E-state index in [0.717, 1.165) is 0 Å². The minimum absolute atomic E-state index is 0.447. The quantitative estimate of drug-likeness (QED) is 0.555. The molecule has 0 saturated carbocycles. The normalized spacial score (nSPS) is 11.5. The van der Waals surface area contributed by atoms with Gasteiger partial charge in [-0.25, -0.2) is 0 Å². The molecule has 0 saturated heterocycles. The highest BCUT2D eigenvalue weighted by molar-refractivity contribution is 7.87. The molecule has 0 aliphatic heterocycles. The first-order chi connectivity index (χ1) is 6.81. The Morgan fingerprint density at radius 2 is 1.60 bits per heavy atom. The van der Waals surface area contributed by atoms with Crippen LogP contribution in [-0.4, -0.2) is 26.0 Å². The summed E-state index contributed by atoms with van der Waals surface area (Å²) in [4.78, 5) is 3.78. The van der Waals surface area contributed by atoms with Crippen LogP contribution in [0.15, 0.2) is 30.6 Å². The van der Waals surface area contributed by atoms with Gasteiger partial charge < -0.3 is 0 Å². The summed E-state index contributed by atoms with van der Waals surface area (Å²) >= 11 is 0. The van der Waals surface area contributed by atoms with Gasteiger partial charge in [0.25, 0.3) is 0 Å². The molecule has 0 aromatic carbocycles. The molecule has 0 unspecified atom stereocenters. The Labute approximate surface area is 84.8 Å². The van der Waals surface area contributed by atoms with Gasteiger partial charge in [-0.2, -0.15) is 21.6 Å². The van der Waals surface area contributed by atoms with Gasteiger partial charge in [-0.1, -0.05) is 6.07 Å². The highest BCUT2D eigenvalue weighted by atomic mass is 32.2. The molecule has 1 rings (SSSR count). The largest absolute Gasteiger partial charge is 0.523 e. The lowest BCUT2D eigenvalue weighted by Crippen LogP contribution is -2.23. The molecule has 0 amide bonds. The Morgan fingerprint density at radius 1 is 1.13 bits per heavy atom. The van der Waals surface area contributed by atoms with Crippen LogP contribution in [0.25, 0.3) is 0 Å². The van der Waals surface area contributed by atoms with Crippen molar-refractivity contribution in [3.63, 3.8) is 0 Å². The van der Waals surface area contributed by atoms with E-state index in [9.17, 15) is 21.6 Å². The van der Waals surface area contributed by atoms with E-state index in [2.05, 4.69) is 9.17 Å². The topological polar surface area (TPSA) is 56.3 Å². The second-order valence-electron chi connectivity index (χ2n) is 2.09. The number of aromatic nitrogens is 1. The molecule has 1 heterocycles. The van der Waals surface area contributed by atoms with Crippen molar-refractivity contribution in [2.75, 3.05) is 7.11 Å². The van der Waals surface area contributed by atoms with Gasteiger partial charge in [0.2, 0.25) is 0 Å². The molecule has 1 aromatic heterocycles. The summed E-state index contributed by atoms with van der Waals surface area (Å²) < 4.78 is 55.9. The minimum atomic E-state index is -5.34. The second-order valence-corrected chi connectivity index (χ2v) is 3.80. The molecule has 0 atom stereocenters. The highest BCUT2D eigenvalue weighted by Crippen LogP contribution is 2.23. The zero-order valence-corrected chi connectivity index (χ0v) is 8.42. The van der Waals surface area contributed by atoms with Crippen LogP contribution in [0.4, 0.5) is 13.2 Å². The molecule has 0 fully saturated rings. The molecule has 0 radical (unpaired) electrons. The van der Waals surface area contributed by atoms with Crippen molar-refractivity contribution in [3.8, 4) is 0 Å². The standard InChI is InChI=1S/C5H5N.C2H3F3O3S/c1-2-4-6-5-3-1;1-8-9(6,7)2(3,4)5/h1-5H;1H3. The van der Waals surface area contributed by atoms with Crippen molar-refractivity contribution in [1.29, 1.82) is 0 Å². The number of nitrogens with zero attached hydrogens (tertiary/aromatic N) is 1. The van der Waals surface area contributed by atoms with Crippen LogP contribution < -0.4 is 0 Å². The van der Waals surface area contributed by atoms with Crippen molar-refractivity contribution < 1.29 is 25.8 Å². The molecular weight excluding hydrogens is 235 g/mol. The fraction of sp³-hybridized carbons (Fsp3) is 0.286. The van der Waals surface area contributed by atoms with Crippen LogP contribution in [0.3, 0.4) is 0 Å². The van der Waals surface area contributed by atoms with Gasteiger partial charge in [-0.05, 0) is 12.1 Å². The summed E-state index contributed by atoms with van der Waals surface area (Å²) in [5, 5.41) is 0. The Morgan fingerprint density at radius 3 is 1.67 bits per heavy atom. The fourth-order valence-electron chi connectivity index (χ4n) is 0.407.